The van der Waals surface area contributed by atoms with Crippen molar-refractivity contribution in [3.05, 3.63) is 69.5 Å². The molecule has 0 spiro atoms. The molecular weight excluding hydrogens is 347 g/mol. The standard InChI is InChI=1S/C17H13FN2O4S/c1-23-15-5-3-2-4-13(15)17-19-12(10-25-17)9-24-16-8-11(18)6-7-14(16)20(21)22/h2-8,10H,9H2,1H3. The second-order valence-electron chi connectivity index (χ2n) is 5.00. The van der Waals surface area contributed by atoms with Crippen molar-refractivity contribution in [3.8, 4) is 22.1 Å². The Kier molecular flexibility index (Phi) is 4.90. The highest BCUT2D eigenvalue weighted by molar-refractivity contribution is 7.13. The molecule has 3 rings (SSSR count). The van der Waals surface area contributed by atoms with Gasteiger partial charge in [0.25, 0.3) is 0 Å². The molecule has 0 amide bonds. The molecule has 0 fully saturated rings. The van der Waals surface area contributed by atoms with Crippen LogP contribution >= 0.6 is 11.3 Å². The average molecular weight is 360 g/mol. The molecular formula is C17H13FN2O4S. The molecule has 1 aromatic heterocycles. The lowest BCUT2D eigenvalue weighted by atomic mass is 10.2. The Morgan fingerprint density at radius 1 is 1.24 bits per heavy atom. The predicted molar refractivity (Wildman–Crippen MR) is 91.5 cm³/mol. The highest BCUT2D eigenvalue weighted by Gasteiger charge is 2.17. The maximum atomic E-state index is 13.3. The molecule has 25 heavy (non-hydrogen) atoms. The summed E-state index contributed by atoms with van der Waals surface area (Å²) in [6.07, 6.45) is 0. The lowest BCUT2D eigenvalue weighted by Crippen LogP contribution is -2.00. The number of aromatic nitrogens is 1. The van der Waals surface area contributed by atoms with E-state index in [9.17, 15) is 14.5 Å². The maximum Gasteiger partial charge on any atom is 0.311 e. The Morgan fingerprint density at radius 2 is 2.04 bits per heavy atom. The first-order valence-electron chi connectivity index (χ1n) is 7.23. The van der Waals surface area contributed by atoms with E-state index in [4.69, 9.17) is 9.47 Å². The van der Waals surface area contributed by atoms with Crippen LogP contribution in [0.1, 0.15) is 5.69 Å². The number of methoxy groups -OCH3 is 1. The number of benzene rings is 2. The molecule has 128 valence electrons. The van der Waals surface area contributed by atoms with Gasteiger partial charge in [-0.1, -0.05) is 12.1 Å². The van der Waals surface area contributed by atoms with Crippen LogP contribution in [0, 0.1) is 15.9 Å². The van der Waals surface area contributed by atoms with Gasteiger partial charge >= 0.3 is 5.69 Å². The number of hydrogen-bond acceptors (Lipinski definition) is 6. The lowest BCUT2D eigenvalue weighted by molar-refractivity contribution is -0.386. The van der Waals surface area contributed by atoms with Crippen LogP contribution in [0.4, 0.5) is 10.1 Å². The first-order valence-corrected chi connectivity index (χ1v) is 8.11. The molecule has 0 saturated carbocycles. The Labute approximate surface area is 146 Å². The molecule has 1 heterocycles. The van der Waals surface area contributed by atoms with Gasteiger partial charge in [0.05, 0.1) is 23.3 Å². The van der Waals surface area contributed by atoms with E-state index >= 15 is 0 Å². The SMILES string of the molecule is COc1ccccc1-c1nc(COc2cc(F)ccc2[N+](=O)[O-])cs1. The van der Waals surface area contributed by atoms with E-state index in [1.54, 1.807) is 12.5 Å². The Balaban J connectivity index is 1.79. The molecule has 0 radical (unpaired) electrons. The molecule has 0 unspecified atom stereocenters. The van der Waals surface area contributed by atoms with Crippen molar-refractivity contribution in [1.82, 2.24) is 4.98 Å². The number of para-hydroxylation sites is 1. The Hall–Kier alpha value is -3.00. The van der Waals surface area contributed by atoms with Gasteiger partial charge in [-0.3, -0.25) is 10.1 Å². The summed E-state index contributed by atoms with van der Waals surface area (Å²) in [5.74, 6) is -0.0319. The zero-order valence-electron chi connectivity index (χ0n) is 13.1. The van der Waals surface area contributed by atoms with Crippen molar-refractivity contribution in [1.29, 1.82) is 0 Å². The van der Waals surface area contributed by atoms with Crippen molar-refractivity contribution in [2.75, 3.05) is 7.11 Å². The van der Waals surface area contributed by atoms with E-state index < -0.39 is 10.7 Å². The van der Waals surface area contributed by atoms with Crippen molar-refractivity contribution in [3.63, 3.8) is 0 Å². The summed E-state index contributed by atoms with van der Waals surface area (Å²) in [7, 11) is 1.58. The first kappa shape index (κ1) is 16.8. The first-order chi connectivity index (χ1) is 12.1. The quantitative estimate of drug-likeness (QED) is 0.480. The highest BCUT2D eigenvalue weighted by atomic mass is 32.1. The Morgan fingerprint density at radius 3 is 2.80 bits per heavy atom. The minimum Gasteiger partial charge on any atom is -0.496 e. The second kappa shape index (κ2) is 7.27. The number of nitrogens with zero attached hydrogens (tertiary/aromatic N) is 2. The molecule has 0 bridgehead atoms. The zero-order valence-corrected chi connectivity index (χ0v) is 14.0. The number of hydrogen-bond donors (Lipinski definition) is 0. The number of halogens is 1. The molecule has 0 aliphatic carbocycles. The van der Waals surface area contributed by atoms with E-state index in [0.29, 0.717) is 11.4 Å². The number of rotatable bonds is 6. The van der Waals surface area contributed by atoms with Crippen LogP contribution < -0.4 is 9.47 Å². The summed E-state index contributed by atoms with van der Waals surface area (Å²) in [6, 6.07) is 10.6. The van der Waals surface area contributed by atoms with Crippen LogP contribution in [0.2, 0.25) is 0 Å². The van der Waals surface area contributed by atoms with Crippen LogP contribution in [0.25, 0.3) is 10.6 Å². The van der Waals surface area contributed by atoms with Gasteiger partial charge in [-0.15, -0.1) is 11.3 Å². The number of thiazole rings is 1. The number of nitro benzene ring substituents is 1. The van der Waals surface area contributed by atoms with Gasteiger partial charge in [0.2, 0.25) is 0 Å². The van der Waals surface area contributed by atoms with Crippen LogP contribution in [-0.4, -0.2) is 17.0 Å². The van der Waals surface area contributed by atoms with Crippen molar-refractivity contribution < 1.29 is 18.8 Å². The summed E-state index contributed by atoms with van der Waals surface area (Å²) >= 11 is 1.40. The van der Waals surface area contributed by atoms with Gasteiger partial charge in [0.15, 0.2) is 5.75 Å². The maximum absolute atomic E-state index is 13.3. The van der Waals surface area contributed by atoms with Gasteiger partial charge in [-0.05, 0) is 18.2 Å². The summed E-state index contributed by atoms with van der Waals surface area (Å²) in [5.41, 5.74) is 1.14. The van der Waals surface area contributed by atoms with Crippen molar-refractivity contribution in [2.45, 2.75) is 6.61 Å². The monoisotopic (exact) mass is 360 g/mol. The molecule has 8 heteroatoms. The fourth-order valence-electron chi connectivity index (χ4n) is 2.22. The minimum absolute atomic E-state index is 0.00403. The van der Waals surface area contributed by atoms with E-state index in [0.717, 1.165) is 28.8 Å². The van der Waals surface area contributed by atoms with Gasteiger partial charge in [-0.2, -0.15) is 0 Å². The number of nitro groups is 1. The van der Waals surface area contributed by atoms with Gasteiger partial charge in [-0.25, -0.2) is 9.37 Å². The average Bonchev–Trinajstić information content (AvgIpc) is 3.08. The van der Waals surface area contributed by atoms with Crippen LogP contribution in [-0.2, 0) is 6.61 Å². The lowest BCUT2D eigenvalue weighted by Gasteiger charge is -2.06. The molecule has 3 aromatic rings. The summed E-state index contributed by atoms with van der Waals surface area (Å²) in [5, 5.41) is 13.5. The third-order valence-electron chi connectivity index (χ3n) is 3.38. The minimum atomic E-state index is -0.615. The molecule has 0 aliphatic heterocycles. The summed E-state index contributed by atoms with van der Waals surface area (Å²) in [6.45, 7) is -0.00403. The Bertz CT molecular complexity index is 913. The fraction of sp³-hybridized carbons (Fsp3) is 0.118. The third-order valence-corrected chi connectivity index (χ3v) is 4.31. The molecule has 0 N–H and O–H groups in total. The molecule has 6 nitrogen and oxygen atoms in total. The van der Waals surface area contributed by atoms with Gasteiger partial charge < -0.3 is 9.47 Å². The summed E-state index contributed by atoms with van der Waals surface area (Å²) in [4.78, 5) is 14.8. The van der Waals surface area contributed by atoms with Crippen molar-refractivity contribution >= 4 is 17.0 Å². The van der Waals surface area contributed by atoms with Crippen molar-refractivity contribution in [2.24, 2.45) is 0 Å². The topological polar surface area (TPSA) is 74.5 Å². The van der Waals surface area contributed by atoms with Gasteiger partial charge in [0.1, 0.15) is 23.2 Å². The van der Waals surface area contributed by atoms with Gasteiger partial charge in [0, 0.05) is 17.5 Å². The molecule has 0 saturated heterocycles. The normalized spacial score (nSPS) is 10.5. The molecule has 0 aliphatic rings. The van der Waals surface area contributed by atoms with Crippen LogP contribution in [0.5, 0.6) is 11.5 Å². The summed E-state index contributed by atoms with van der Waals surface area (Å²) < 4.78 is 24.0. The van der Waals surface area contributed by atoms with E-state index in [1.165, 1.54) is 11.3 Å². The zero-order chi connectivity index (χ0) is 17.8. The van der Waals surface area contributed by atoms with Crippen LogP contribution in [0.3, 0.4) is 0 Å². The molecule has 0 atom stereocenters. The highest BCUT2D eigenvalue weighted by Crippen LogP contribution is 2.33. The smallest absolute Gasteiger partial charge is 0.311 e. The van der Waals surface area contributed by atoms with E-state index in [2.05, 4.69) is 4.98 Å². The predicted octanol–water partition coefficient (Wildman–Crippen LogP) is 4.45. The molecule has 2 aromatic carbocycles. The number of ether oxygens (including phenoxy) is 2. The largest absolute Gasteiger partial charge is 0.496 e. The van der Waals surface area contributed by atoms with E-state index in [-0.39, 0.29) is 18.0 Å². The fourth-order valence-corrected chi connectivity index (χ4v) is 3.06. The second-order valence-corrected chi connectivity index (χ2v) is 5.86. The third kappa shape index (κ3) is 3.74. The van der Waals surface area contributed by atoms with E-state index in [1.807, 2.05) is 24.3 Å². The van der Waals surface area contributed by atoms with Crippen LogP contribution in [0.15, 0.2) is 47.8 Å².